The quantitative estimate of drug-likeness (QED) is 0.923. The molecule has 0 atom stereocenters. The second-order valence-electron chi connectivity index (χ2n) is 4.04. The first-order valence-electron chi connectivity index (χ1n) is 5.38. The number of halogens is 1. The van der Waals surface area contributed by atoms with E-state index in [1.54, 1.807) is 17.7 Å². The Morgan fingerprint density at radius 2 is 2.17 bits per heavy atom. The molecule has 0 aliphatic heterocycles. The largest absolute Gasteiger partial charge is 0.481 e. The standard InChI is InChI=1S/C12H12ClN3O2/c1-7-3-4-9(5-10(7)13)16-8(2)11(14-15-16)6-12(17)18/h3-5H,6H2,1-2H3,(H,17,18). The van der Waals surface area contributed by atoms with Crippen LogP contribution in [0.2, 0.25) is 5.02 Å². The van der Waals surface area contributed by atoms with Gasteiger partial charge in [0.2, 0.25) is 0 Å². The number of hydrogen-bond donors (Lipinski definition) is 1. The molecular formula is C12H12ClN3O2. The van der Waals surface area contributed by atoms with Gasteiger partial charge in [-0.25, -0.2) is 4.68 Å². The van der Waals surface area contributed by atoms with E-state index in [0.717, 1.165) is 11.3 Å². The highest BCUT2D eigenvalue weighted by molar-refractivity contribution is 6.31. The van der Waals surface area contributed by atoms with Crippen LogP contribution in [-0.4, -0.2) is 26.1 Å². The molecule has 6 heteroatoms. The van der Waals surface area contributed by atoms with Gasteiger partial charge in [0.05, 0.1) is 23.5 Å². The monoisotopic (exact) mass is 265 g/mol. The minimum atomic E-state index is -0.924. The molecular weight excluding hydrogens is 254 g/mol. The van der Waals surface area contributed by atoms with E-state index in [4.69, 9.17) is 16.7 Å². The lowest BCUT2D eigenvalue weighted by molar-refractivity contribution is -0.136. The number of rotatable bonds is 3. The van der Waals surface area contributed by atoms with Gasteiger partial charge >= 0.3 is 5.97 Å². The summed E-state index contributed by atoms with van der Waals surface area (Å²) in [6.45, 7) is 3.70. The molecule has 1 heterocycles. The van der Waals surface area contributed by atoms with Crippen LogP contribution in [0.4, 0.5) is 0 Å². The van der Waals surface area contributed by atoms with Gasteiger partial charge in [-0.1, -0.05) is 22.9 Å². The van der Waals surface area contributed by atoms with Gasteiger partial charge in [-0.15, -0.1) is 5.10 Å². The van der Waals surface area contributed by atoms with E-state index >= 15 is 0 Å². The zero-order valence-electron chi connectivity index (χ0n) is 10.0. The number of aromatic nitrogens is 3. The normalized spacial score (nSPS) is 10.6. The Labute approximate surface area is 109 Å². The average Bonchev–Trinajstić information content (AvgIpc) is 2.64. The molecule has 2 aromatic rings. The zero-order valence-corrected chi connectivity index (χ0v) is 10.8. The number of benzene rings is 1. The fraction of sp³-hybridized carbons (Fsp3) is 0.250. The summed E-state index contributed by atoms with van der Waals surface area (Å²) in [6.07, 6.45) is -0.134. The maximum atomic E-state index is 10.7. The topological polar surface area (TPSA) is 68.0 Å². The predicted octanol–water partition coefficient (Wildman–Crippen LogP) is 2.16. The number of aliphatic carboxylic acids is 1. The van der Waals surface area contributed by atoms with E-state index in [9.17, 15) is 4.79 Å². The number of hydrogen-bond acceptors (Lipinski definition) is 3. The molecule has 1 aromatic carbocycles. The summed E-state index contributed by atoms with van der Waals surface area (Å²) in [4.78, 5) is 10.7. The third-order valence-electron chi connectivity index (χ3n) is 2.71. The molecule has 0 amide bonds. The van der Waals surface area contributed by atoms with E-state index in [-0.39, 0.29) is 6.42 Å². The van der Waals surface area contributed by atoms with Crippen molar-refractivity contribution in [2.75, 3.05) is 0 Å². The van der Waals surface area contributed by atoms with E-state index < -0.39 is 5.97 Å². The number of carbonyl (C=O) groups is 1. The van der Waals surface area contributed by atoms with Gasteiger partial charge in [-0.2, -0.15) is 0 Å². The molecule has 18 heavy (non-hydrogen) atoms. The van der Waals surface area contributed by atoms with Crippen LogP contribution in [0.3, 0.4) is 0 Å². The Balaban J connectivity index is 2.42. The Morgan fingerprint density at radius 1 is 1.44 bits per heavy atom. The molecule has 0 aliphatic rings. The Bertz CT molecular complexity index is 607. The molecule has 2 rings (SSSR count). The highest BCUT2D eigenvalue weighted by atomic mass is 35.5. The summed E-state index contributed by atoms with van der Waals surface area (Å²) in [5.74, 6) is -0.924. The van der Waals surface area contributed by atoms with Crippen molar-refractivity contribution in [2.24, 2.45) is 0 Å². The minimum Gasteiger partial charge on any atom is -0.481 e. The fourth-order valence-corrected chi connectivity index (χ4v) is 1.80. The van der Waals surface area contributed by atoms with Gasteiger partial charge in [0, 0.05) is 5.02 Å². The van der Waals surface area contributed by atoms with Crippen LogP contribution >= 0.6 is 11.6 Å². The molecule has 0 saturated carbocycles. The molecule has 0 bridgehead atoms. The molecule has 0 unspecified atom stereocenters. The lowest BCUT2D eigenvalue weighted by atomic mass is 10.2. The summed E-state index contributed by atoms with van der Waals surface area (Å²) in [5, 5.41) is 17.2. The summed E-state index contributed by atoms with van der Waals surface area (Å²) >= 11 is 6.05. The van der Waals surface area contributed by atoms with Crippen molar-refractivity contribution < 1.29 is 9.90 Å². The van der Waals surface area contributed by atoms with Gasteiger partial charge in [-0.3, -0.25) is 4.79 Å². The van der Waals surface area contributed by atoms with Crippen molar-refractivity contribution in [3.05, 3.63) is 40.2 Å². The molecule has 1 N–H and O–H groups in total. The smallest absolute Gasteiger partial charge is 0.309 e. The third-order valence-corrected chi connectivity index (χ3v) is 3.12. The minimum absolute atomic E-state index is 0.134. The highest BCUT2D eigenvalue weighted by Gasteiger charge is 2.13. The zero-order chi connectivity index (χ0) is 13.3. The molecule has 0 radical (unpaired) electrons. The molecule has 0 aliphatic carbocycles. The van der Waals surface area contributed by atoms with Crippen molar-refractivity contribution in [1.29, 1.82) is 0 Å². The summed E-state index contributed by atoms with van der Waals surface area (Å²) in [7, 11) is 0. The van der Waals surface area contributed by atoms with Crippen LogP contribution in [0.5, 0.6) is 0 Å². The van der Waals surface area contributed by atoms with Gasteiger partial charge in [0.15, 0.2) is 0 Å². The number of carboxylic acids is 1. The van der Waals surface area contributed by atoms with Gasteiger partial charge in [-0.05, 0) is 31.5 Å². The first-order chi connectivity index (χ1) is 8.49. The van der Waals surface area contributed by atoms with Crippen LogP contribution in [-0.2, 0) is 11.2 Å². The van der Waals surface area contributed by atoms with E-state index in [0.29, 0.717) is 16.4 Å². The Morgan fingerprint density at radius 3 is 2.78 bits per heavy atom. The molecule has 0 fully saturated rings. The Hall–Kier alpha value is -1.88. The first kappa shape index (κ1) is 12.6. The maximum Gasteiger partial charge on any atom is 0.309 e. The molecule has 0 saturated heterocycles. The van der Waals surface area contributed by atoms with Crippen LogP contribution in [0.1, 0.15) is 17.0 Å². The van der Waals surface area contributed by atoms with Crippen molar-refractivity contribution in [2.45, 2.75) is 20.3 Å². The van der Waals surface area contributed by atoms with Gasteiger partial charge < -0.3 is 5.11 Å². The second kappa shape index (κ2) is 4.78. The highest BCUT2D eigenvalue weighted by Crippen LogP contribution is 2.20. The van der Waals surface area contributed by atoms with Crippen LogP contribution in [0, 0.1) is 13.8 Å². The summed E-state index contributed by atoms with van der Waals surface area (Å²) in [5.41, 5.74) is 2.91. The number of aryl methyl sites for hydroxylation is 1. The fourth-order valence-electron chi connectivity index (χ4n) is 1.63. The second-order valence-corrected chi connectivity index (χ2v) is 4.44. The summed E-state index contributed by atoms with van der Waals surface area (Å²) < 4.78 is 1.59. The average molecular weight is 266 g/mol. The lowest BCUT2D eigenvalue weighted by Gasteiger charge is -2.05. The van der Waals surface area contributed by atoms with E-state index in [1.165, 1.54) is 0 Å². The van der Waals surface area contributed by atoms with Gasteiger partial charge in [0.1, 0.15) is 0 Å². The molecule has 5 nitrogen and oxygen atoms in total. The van der Waals surface area contributed by atoms with Crippen LogP contribution < -0.4 is 0 Å². The Kier molecular flexibility index (Phi) is 3.34. The number of nitrogens with zero attached hydrogens (tertiary/aromatic N) is 3. The van der Waals surface area contributed by atoms with Crippen LogP contribution in [0.25, 0.3) is 5.69 Å². The lowest BCUT2D eigenvalue weighted by Crippen LogP contribution is -2.03. The molecule has 1 aromatic heterocycles. The summed E-state index contributed by atoms with van der Waals surface area (Å²) in [6, 6.07) is 5.53. The molecule has 94 valence electrons. The first-order valence-corrected chi connectivity index (χ1v) is 5.76. The predicted molar refractivity (Wildman–Crippen MR) is 67.2 cm³/mol. The van der Waals surface area contributed by atoms with Crippen molar-refractivity contribution in [3.8, 4) is 5.69 Å². The van der Waals surface area contributed by atoms with Gasteiger partial charge in [0.25, 0.3) is 0 Å². The third kappa shape index (κ3) is 2.36. The van der Waals surface area contributed by atoms with Crippen LogP contribution in [0.15, 0.2) is 18.2 Å². The molecule has 0 spiro atoms. The van der Waals surface area contributed by atoms with E-state index in [1.807, 2.05) is 19.1 Å². The van der Waals surface area contributed by atoms with Crippen molar-refractivity contribution in [1.82, 2.24) is 15.0 Å². The maximum absolute atomic E-state index is 10.7. The number of carboxylic acid groups (broad SMARTS) is 1. The van der Waals surface area contributed by atoms with Crippen molar-refractivity contribution >= 4 is 17.6 Å². The van der Waals surface area contributed by atoms with Crippen molar-refractivity contribution in [3.63, 3.8) is 0 Å². The van der Waals surface area contributed by atoms with E-state index in [2.05, 4.69) is 10.3 Å². The SMILES string of the molecule is Cc1ccc(-n2nnc(CC(=O)O)c2C)cc1Cl.